The summed E-state index contributed by atoms with van der Waals surface area (Å²) in [6, 6.07) is 2.75. The smallest absolute Gasteiger partial charge is 0.369 e. The Labute approximate surface area is 125 Å². The van der Waals surface area contributed by atoms with E-state index in [0.717, 1.165) is 0 Å². The van der Waals surface area contributed by atoms with Gasteiger partial charge in [0.05, 0.1) is 0 Å². The van der Waals surface area contributed by atoms with Gasteiger partial charge in [-0.1, -0.05) is 32.9 Å². The van der Waals surface area contributed by atoms with Crippen molar-refractivity contribution >= 4 is 0 Å². The molecule has 1 aromatic rings. The first-order valence-electron chi connectivity index (χ1n) is 6.95. The summed E-state index contributed by atoms with van der Waals surface area (Å²) in [5.74, 6) is 0. The lowest BCUT2D eigenvalue weighted by molar-refractivity contribution is -0.376. The van der Waals surface area contributed by atoms with Crippen LogP contribution in [0.25, 0.3) is 0 Å². The second kappa shape index (κ2) is 6.10. The van der Waals surface area contributed by atoms with Crippen LogP contribution in [-0.4, -0.2) is 17.5 Å². The lowest BCUT2D eigenvalue weighted by Crippen LogP contribution is -2.55. The second-order valence-corrected chi connectivity index (χ2v) is 5.00. The molecule has 0 heterocycles. The van der Waals surface area contributed by atoms with E-state index in [1.165, 1.54) is 26.0 Å². The van der Waals surface area contributed by atoms with Gasteiger partial charge in [-0.05, 0) is 36.0 Å². The molecule has 0 radical (unpaired) electrons. The van der Waals surface area contributed by atoms with E-state index >= 15 is 0 Å². The molecule has 0 amide bonds. The summed E-state index contributed by atoms with van der Waals surface area (Å²) in [5.41, 5.74) is -5.77. The molecule has 0 aliphatic heterocycles. The molecule has 0 aliphatic carbocycles. The zero-order valence-electron chi connectivity index (χ0n) is 12.5. The van der Waals surface area contributed by atoms with Crippen LogP contribution in [0, 0.1) is 0 Å². The number of hydrogen-bond acceptors (Lipinski definition) is 1. The van der Waals surface area contributed by atoms with Crippen molar-refractivity contribution in [3.05, 3.63) is 34.4 Å². The van der Waals surface area contributed by atoms with Crippen molar-refractivity contribution in [1.82, 2.24) is 0 Å². The van der Waals surface area contributed by atoms with Gasteiger partial charge < -0.3 is 5.11 Å². The number of alkyl halides is 6. The average molecular weight is 328 g/mol. The van der Waals surface area contributed by atoms with E-state index in [-0.39, 0.29) is 30.4 Å². The monoisotopic (exact) mass is 328 g/mol. The van der Waals surface area contributed by atoms with Crippen LogP contribution < -0.4 is 0 Å². The molecule has 0 saturated carbocycles. The Morgan fingerprint density at radius 2 is 1.18 bits per heavy atom. The second-order valence-electron chi connectivity index (χ2n) is 5.00. The minimum atomic E-state index is -5.86. The van der Waals surface area contributed by atoms with Crippen molar-refractivity contribution in [3.63, 3.8) is 0 Å². The predicted molar refractivity (Wildman–Crippen MR) is 70.6 cm³/mol. The normalized spacial score (nSPS) is 13.5. The van der Waals surface area contributed by atoms with Crippen molar-refractivity contribution in [3.8, 4) is 0 Å². The molecule has 0 aromatic heterocycles. The highest BCUT2D eigenvalue weighted by Crippen LogP contribution is 2.52. The van der Waals surface area contributed by atoms with Crippen molar-refractivity contribution in [2.24, 2.45) is 0 Å². The SMILES string of the molecule is CCc1ccc(CC)c(C(O)(C(F)(F)F)C(F)(F)F)c1CC. The maximum Gasteiger partial charge on any atom is 0.430 e. The largest absolute Gasteiger partial charge is 0.430 e. The fraction of sp³-hybridized carbons (Fsp3) is 0.600. The summed E-state index contributed by atoms with van der Waals surface area (Å²) in [6.07, 6.45) is -11.5. The fourth-order valence-corrected chi connectivity index (χ4v) is 2.66. The number of halogens is 6. The predicted octanol–water partition coefficient (Wildman–Crippen LogP) is 4.69. The fourth-order valence-electron chi connectivity index (χ4n) is 2.66. The average Bonchev–Trinajstić information content (AvgIpc) is 2.42. The lowest BCUT2D eigenvalue weighted by atomic mass is 9.80. The van der Waals surface area contributed by atoms with Gasteiger partial charge in [-0.25, -0.2) is 0 Å². The van der Waals surface area contributed by atoms with Gasteiger partial charge in [-0.15, -0.1) is 0 Å². The molecule has 1 rings (SSSR count). The summed E-state index contributed by atoms with van der Waals surface area (Å²) in [6.45, 7) is 4.58. The van der Waals surface area contributed by atoms with E-state index in [2.05, 4.69) is 0 Å². The van der Waals surface area contributed by atoms with E-state index in [4.69, 9.17) is 0 Å². The zero-order valence-corrected chi connectivity index (χ0v) is 12.5. The highest BCUT2D eigenvalue weighted by atomic mass is 19.4. The maximum absolute atomic E-state index is 13.2. The van der Waals surface area contributed by atoms with Gasteiger partial charge in [0, 0.05) is 5.56 Å². The Morgan fingerprint density at radius 3 is 1.50 bits per heavy atom. The summed E-state index contributed by atoms with van der Waals surface area (Å²) in [7, 11) is 0. The van der Waals surface area contributed by atoms with Crippen LogP contribution in [0.1, 0.15) is 43.0 Å². The number of benzene rings is 1. The Hall–Kier alpha value is -1.24. The summed E-state index contributed by atoms with van der Waals surface area (Å²) < 4.78 is 79.1. The van der Waals surface area contributed by atoms with Crippen LogP contribution in [0.15, 0.2) is 12.1 Å². The van der Waals surface area contributed by atoms with Gasteiger partial charge in [0.1, 0.15) is 0 Å². The van der Waals surface area contributed by atoms with E-state index < -0.39 is 23.5 Å². The van der Waals surface area contributed by atoms with Crippen molar-refractivity contribution < 1.29 is 31.4 Å². The topological polar surface area (TPSA) is 20.2 Å². The molecule has 126 valence electrons. The van der Waals surface area contributed by atoms with Crippen LogP contribution >= 0.6 is 0 Å². The molecular weight excluding hydrogens is 310 g/mol. The number of rotatable bonds is 4. The summed E-state index contributed by atoms with van der Waals surface area (Å²) in [4.78, 5) is 0. The molecule has 1 aromatic carbocycles. The van der Waals surface area contributed by atoms with Gasteiger partial charge in [0.15, 0.2) is 0 Å². The third-order valence-electron chi connectivity index (χ3n) is 3.79. The van der Waals surface area contributed by atoms with Crippen LogP contribution in [-0.2, 0) is 24.9 Å². The Bertz CT molecular complexity index is 516. The first kappa shape index (κ1) is 18.8. The zero-order chi connectivity index (χ0) is 17.3. The molecule has 0 fully saturated rings. The third-order valence-corrected chi connectivity index (χ3v) is 3.79. The van der Waals surface area contributed by atoms with E-state index in [1.807, 2.05) is 0 Å². The summed E-state index contributed by atoms with van der Waals surface area (Å²) >= 11 is 0. The molecule has 0 unspecified atom stereocenters. The van der Waals surface area contributed by atoms with Gasteiger partial charge in [-0.3, -0.25) is 0 Å². The first-order chi connectivity index (χ1) is 9.95. The van der Waals surface area contributed by atoms with Crippen LogP contribution in [0.3, 0.4) is 0 Å². The van der Waals surface area contributed by atoms with Crippen LogP contribution in [0.2, 0.25) is 0 Å². The molecule has 0 bridgehead atoms. The third kappa shape index (κ3) is 2.83. The minimum Gasteiger partial charge on any atom is -0.369 e. The van der Waals surface area contributed by atoms with Gasteiger partial charge in [0.25, 0.3) is 5.60 Å². The Morgan fingerprint density at radius 1 is 0.773 bits per heavy atom. The maximum atomic E-state index is 13.2. The molecule has 1 N–H and O–H groups in total. The highest BCUT2D eigenvalue weighted by molar-refractivity contribution is 5.46. The van der Waals surface area contributed by atoms with E-state index in [9.17, 15) is 31.4 Å². The van der Waals surface area contributed by atoms with E-state index in [0.29, 0.717) is 5.56 Å². The van der Waals surface area contributed by atoms with Gasteiger partial charge in [0.2, 0.25) is 0 Å². The molecule has 0 spiro atoms. The van der Waals surface area contributed by atoms with Gasteiger partial charge >= 0.3 is 12.4 Å². The van der Waals surface area contributed by atoms with Crippen molar-refractivity contribution in [2.45, 2.75) is 58.0 Å². The van der Waals surface area contributed by atoms with Gasteiger partial charge in [-0.2, -0.15) is 26.3 Å². The van der Waals surface area contributed by atoms with Crippen LogP contribution in [0.4, 0.5) is 26.3 Å². The number of aryl methyl sites for hydroxylation is 2. The minimum absolute atomic E-state index is 0.0270. The van der Waals surface area contributed by atoms with Crippen molar-refractivity contribution in [2.75, 3.05) is 0 Å². The molecule has 1 nitrogen and oxygen atoms in total. The van der Waals surface area contributed by atoms with E-state index in [1.54, 1.807) is 6.92 Å². The molecular formula is C15H18F6O. The lowest BCUT2D eigenvalue weighted by Gasteiger charge is -2.36. The molecule has 7 heteroatoms. The standard InChI is InChI=1S/C15H18F6O/c1-4-9-7-8-10(5-2)12(11(9)6-3)13(22,14(16,17)18)15(19,20)21/h7-8,22H,4-6H2,1-3H3. The quantitative estimate of drug-likeness (QED) is 0.795. The van der Waals surface area contributed by atoms with Crippen molar-refractivity contribution in [1.29, 1.82) is 0 Å². The molecule has 0 atom stereocenters. The molecule has 0 saturated heterocycles. The highest BCUT2D eigenvalue weighted by Gasteiger charge is 2.72. The Kier molecular flexibility index (Phi) is 5.22. The Balaban J connectivity index is 3.90. The molecule has 0 aliphatic rings. The molecule has 22 heavy (non-hydrogen) atoms. The first-order valence-corrected chi connectivity index (χ1v) is 6.95. The summed E-state index contributed by atoms with van der Waals surface area (Å²) in [5, 5.41) is 9.75. The van der Waals surface area contributed by atoms with Crippen LogP contribution in [0.5, 0.6) is 0 Å². The number of aliphatic hydroxyl groups is 1. The number of hydrogen-bond donors (Lipinski definition) is 1.